The zero-order valence-corrected chi connectivity index (χ0v) is 16.9. The molecular weight excluding hydrogens is 396 g/mol. The number of amides is 1. The van der Waals surface area contributed by atoms with Crippen LogP contribution in [0.3, 0.4) is 0 Å². The summed E-state index contributed by atoms with van der Waals surface area (Å²) in [6, 6.07) is 13.1. The van der Waals surface area contributed by atoms with Crippen molar-refractivity contribution in [3.8, 4) is 5.88 Å². The summed E-state index contributed by atoms with van der Waals surface area (Å²) >= 11 is 0. The third-order valence-corrected chi connectivity index (χ3v) is 4.97. The molecule has 31 heavy (non-hydrogen) atoms. The van der Waals surface area contributed by atoms with Crippen molar-refractivity contribution in [2.45, 2.75) is 19.9 Å². The molecule has 0 radical (unpaired) electrons. The van der Waals surface area contributed by atoms with Crippen molar-refractivity contribution >= 4 is 34.6 Å². The van der Waals surface area contributed by atoms with E-state index in [0.29, 0.717) is 39.7 Å². The molecule has 2 aromatic carbocycles. The standard InChI is InChI=1S/C23H20N4O4/c1-13(2)27-20(8-9-24-27)23(31)25-16-5-3-4-14(10-16)21(29)15-6-7-17-18(12-28)22(30)26-19(17)11-15/h3-13,26,30H,1-2H3,(H,25,31). The van der Waals surface area contributed by atoms with Gasteiger partial charge in [0.1, 0.15) is 5.69 Å². The Morgan fingerprint density at radius 3 is 2.65 bits per heavy atom. The number of aromatic amines is 1. The fourth-order valence-electron chi connectivity index (χ4n) is 3.47. The number of rotatable bonds is 6. The monoisotopic (exact) mass is 416 g/mol. The number of H-pyrrole nitrogens is 1. The summed E-state index contributed by atoms with van der Waals surface area (Å²) in [4.78, 5) is 39.5. The fraction of sp³-hybridized carbons (Fsp3) is 0.130. The van der Waals surface area contributed by atoms with Gasteiger partial charge in [-0.1, -0.05) is 24.3 Å². The number of ketones is 1. The summed E-state index contributed by atoms with van der Waals surface area (Å²) in [5.74, 6) is -0.813. The third kappa shape index (κ3) is 3.71. The second kappa shape index (κ2) is 7.91. The Morgan fingerprint density at radius 1 is 1.13 bits per heavy atom. The molecule has 0 aliphatic rings. The van der Waals surface area contributed by atoms with E-state index in [1.807, 2.05) is 13.8 Å². The minimum atomic E-state index is -0.319. The number of hydrogen-bond acceptors (Lipinski definition) is 5. The number of carbonyl (C=O) groups is 3. The van der Waals surface area contributed by atoms with E-state index in [1.54, 1.807) is 59.4 Å². The average molecular weight is 416 g/mol. The molecule has 0 spiro atoms. The summed E-state index contributed by atoms with van der Waals surface area (Å²) in [6.07, 6.45) is 2.13. The van der Waals surface area contributed by atoms with Crippen molar-refractivity contribution in [2.24, 2.45) is 0 Å². The van der Waals surface area contributed by atoms with Gasteiger partial charge in [0.2, 0.25) is 0 Å². The summed E-state index contributed by atoms with van der Waals surface area (Å²) in [6.45, 7) is 3.86. The van der Waals surface area contributed by atoms with Gasteiger partial charge in [0.15, 0.2) is 17.9 Å². The van der Waals surface area contributed by atoms with Crippen LogP contribution in [0.25, 0.3) is 10.9 Å². The highest BCUT2D eigenvalue weighted by atomic mass is 16.3. The molecule has 0 saturated carbocycles. The van der Waals surface area contributed by atoms with Crippen molar-refractivity contribution < 1.29 is 19.5 Å². The maximum Gasteiger partial charge on any atom is 0.273 e. The van der Waals surface area contributed by atoms with Gasteiger partial charge >= 0.3 is 0 Å². The van der Waals surface area contributed by atoms with E-state index < -0.39 is 0 Å². The highest BCUT2D eigenvalue weighted by molar-refractivity contribution is 6.12. The van der Waals surface area contributed by atoms with Gasteiger partial charge in [0.05, 0.1) is 5.56 Å². The highest BCUT2D eigenvalue weighted by Gasteiger charge is 2.17. The van der Waals surface area contributed by atoms with Crippen LogP contribution in [0.1, 0.15) is 56.7 Å². The first-order valence-electron chi connectivity index (χ1n) is 9.68. The zero-order valence-electron chi connectivity index (χ0n) is 16.9. The Hall–Kier alpha value is -4.20. The van der Waals surface area contributed by atoms with Crippen LogP contribution in [0.4, 0.5) is 5.69 Å². The number of nitrogens with one attached hydrogen (secondary N) is 2. The molecule has 8 nitrogen and oxygen atoms in total. The van der Waals surface area contributed by atoms with Crippen LogP contribution in [-0.2, 0) is 0 Å². The molecule has 0 atom stereocenters. The number of benzene rings is 2. The second-order valence-corrected chi connectivity index (χ2v) is 7.38. The van der Waals surface area contributed by atoms with E-state index >= 15 is 0 Å². The van der Waals surface area contributed by atoms with Gasteiger partial charge in [0.25, 0.3) is 5.91 Å². The number of aromatic hydroxyl groups is 1. The summed E-state index contributed by atoms with van der Waals surface area (Å²) in [7, 11) is 0. The Morgan fingerprint density at radius 2 is 1.90 bits per heavy atom. The summed E-state index contributed by atoms with van der Waals surface area (Å²) in [5, 5.41) is 17.3. The molecule has 0 unspecified atom stereocenters. The number of aldehydes is 1. The number of carbonyl (C=O) groups excluding carboxylic acids is 3. The van der Waals surface area contributed by atoms with Crippen LogP contribution >= 0.6 is 0 Å². The van der Waals surface area contributed by atoms with Gasteiger partial charge in [-0.25, -0.2) is 0 Å². The predicted octanol–water partition coefficient (Wildman–Crippen LogP) is 3.95. The van der Waals surface area contributed by atoms with Gasteiger partial charge < -0.3 is 15.4 Å². The third-order valence-electron chi connectivity index (χ3n) is 4.97. The lowest BCUT2D eigenvalue weighted by molar-refractivity contribution is 0.101. The molecule has 4 aromatic rings. The SMILES string of the molecule is CC(C)n1nccc1C(=O)Nc1cccc(C(=O)c2ccc3c(C=O)c(O)[nH]c3c2)c1. The molecule has 0 aliphatic heterocycles. The molecule has 0 bridgehead atoms. The first kappa shape index (κ1) is 20.1. The van der Waals surface area contributed by atoms with Gasteiger partial charge in [-0.05, 0) is 38.1 Å². The number of fused-ring (bicyclic) bond motifs is 1. The fourth-order valence-corrected chi connectivity index (χ4v) is 3.47. The molecule has 3 N–H and O–H groups in total. The van der Waals surface area contributed by atoms with Crippen LogP contribution in [0, 0.1) is 0 Å². The molecule has 0 fully saturated rings. The highest BCUT2D eigenvalue weighted by Crippen LogP contribution is 2.27. The van der Waals surface area contributed by atoms with E-state index in [0.717, 1.165) is 0 Å². The predicted molar refractivity (Wildman–Crippen MR) is 116 cm³/mol. The molecule has 1 amide bonds. The Labute approximate surface area is 177 Å². The second-order valence-electron chi connectivity index (χ2n) is 7.38. The number of nitrogens with zero attached hydrogens (tertiary/aromatic N) is 2. The lowest BCUT2D eigenvalue weighted by Gasteiger charge is -2.11. The Balaban J connectivity index is 1.60. The van der Waals surface area contributed by atoms with E-state index in [-0.39, 0.29) is 29.2 Å². The zero-order chi connectivity index (χ0) is 22.1. The summed E-state index contributed by atoms with van der Waals surface area (Å²) in [5.41, 5.74) is 2.31. The van der Waals surface area contributed by atoms with Gasteiger partial charge in [0, 0.05) is 40.0 Å². The van der Waals surface area contributed by atoms with Crippen molar-refractivity contribution in [1.82, 2.24) is 14.8 Å². The van der Waals surface area contributed by atoms with Gasteiger partial charge in [-0.2, -0.15) is 5.10 Å². The van der Waals surface area contributed by atoms with Crippen molar-refractivity contribution in [2.75, 3.05) is 5.32 Å². The molecular formula is C23H20N4O4. The lowest BCUT2D eigenvalue weighted by Crippen LogP contribution is -2.19. The van der Waals surface area contributed by atoms with E-state index in [4.69, 9.17) is 0 Å². The molecule has 2 heterocycles. The van der Waals surface area contributed by atoms with E-state index in [9.17, 15) is 19.5 Å². The minimum Gasteiger partial charge on any atom is -0.494 e. The quantitative estimate of drug-likeness (QED) is 0.325. The van der Waals surface area contributed by atoms with Crippen LogP contribution < -0.4 is 5.32 Å². The van der Waals surface area contributed by atoms with Crippen molar-refractivity contribution in [3.05, 3.63) is 77.1 Å². The maximum atomic E-state index is 13.0. The molecule has 0 saturated heterocycles. The number of anilines is 1. The van der Waals surface area contributed by atoms with Gasteiger partial charge in [-0.15, -0.1) is 0 Å². The van der Waals surface area contributed by atoms with Crippen LogP contribution in [0.15, 0.2) is 54.7 Å². The molecule has 2 aromatic heterocycles. The maximum absolute atomic E-state index is 13.0. The first-order valence-corrected chi connectivity index (χ1v) is 9.68. The first-order chi connectivity index (χ1) is 14.9. The topological polar surface area (TPSA) is 117 Å². The lowest BCUT2D eigenvalue weighted by atomic mass is 10.0. The number of hydrogen-bond donors (Lipinski definition) is 3. The normalized spacial score (nSPS) is 11.1. The van der Waals surface area contributed by atoms with Crippen LogP contribution in [0.5, 0.6) is 5.88 Å². The van der Waals surface area contributed by atoms with Crippen molar-refractivity contribution in [3.63, 3.8) is 0 Å². The van der Waals surface area contributed by atoms with Crippen LogP contribution in [0.2, 0.25) is 0 Å². The Bertz CT molecular complexity index is 1320. The van der Waals surface area contributed by atoms with Crippen LogP contribution in [-0.4, -0.2) is 37.8 Å². The average Bonchev–Trinajstić information content (AvgIpc) is 3.36. The minimum absolute atomic E-state index is 0.0331. The summed E-state index contributed by atoms with van der Waals surface area (Å²) < 4.78 is 1.62. The smallest absolute Gasteiger partial charge is 0.273 e. The Kier molecular flexibility index (Phi) is 5.12. The largest absolute Gasteiger partial charge is 0.494 e. The molecule has 0 aliphatic carbocycles. The number of aromatic nitrogens is 3. The molecule has 156 valence electrons. The van der Waals surface area contributed by atoms with E-state index in [1.165, 1.54) is 0 Å². The molecule has 4 rings (SSSR count). The van der Waals surface area contributed by atoms with Crippen molar-refractivity contribution in [1.29, 1.82) is 0 Å². The van der Waals surface area contributed by atoms with E-state index in [2.05, 4.69) is 15.4 Å². The molecule has 8 heteroatoms. The van der Waals surface area contributed by atoms with Gasteiger partial charge in [-0.3, -0.25) is 19.1 Å².